The topological polar surface area (TPSA) is 66.1 Å². The van der Waals surface area contributed by atoms with Crippen molar-refractivity contribution in [1.29, 1.82) is 5.26 Å². The molecule has 0 saturated heterocycles. The Kier molecular flexibility index (Phi) is 3.22. The number of aromatic nitrogens is 1. The maximum Gasteiger partial charge on any atom is 0.242 e. The van der Waals surface area contributed by atoms with Crippen LogP contribution in [0.1, 0.15) is 18.4 Å². The van der Waals surface area contributed by atoms with Gasteiger partial charge in [-0.15, -0.1) is 0 Å². The molecule has 2 aromatic rings. The second kappa shape index (κ2) is 5.06. The van der Waals surface area contributed by atoms with Crippen LogP contribution in [-0.2, 0) is 11.3 Å². The first-order chi connectivity index (χ1) is 10.1. The summed E-state index contributed by atoms with van der Waals surface area (Å²) in [6.45, 7) is 0.141. The van der Waals surface area contributed by atoms with E-state index in [1.807, 2.05) is 12.1 Å². The maximum atomic E-state index is 12.3. The fourth-order valence-electron chi connectivity index (χ4n) is 2.48. The first kappa shape index (κ1) is 13.4. The van der Waals surface area contributed by atoms with Gasteiger partial charge in [-0.25, -0.2) is 0 Å². The maximum absolute atomic E-state index is 12.3. The lowest BCUT2D eigenvalue weighted by molar-refractivity contribution is -0.130. The largest absolute Gasteiger partial charge is 0.341 e. The third-order valence-electron chi connectivity index (χ3n) is 3.90. The molecule has 1 aliphatic carbocycles. The molecule has 0 aliphatic heterocycles. The summed E-state index contributed by atoms with van der Waals surface area (Å²) in [7, 11) is 1.80. The summed E-state index contributed by atoms with van der Waals surface area (Å²) in [5, 5.41) is 9.56. The van der Waals surface area contributed by atoms with Gasteiger partial charge < -0.3 is 9.47 Å². The zero-order valence-corrected chi connectivity index (χ0v) is 11.7. The average Bonchev–Trinajstić information content (AvgIpc) is 3.34. The van der Waals surface area contributed by atoms with Crippen molar-refractivity contribution in [1.82, 2.24) is 9.47 Å². The molecule has 21 heavy (non-hydrogen) atoms. The highest BCUT2D eigenvalue weighted by Gasteiger charge is 2.29. The summed E-state index contributed by atoms with van der Waals surface area (Å²) < 4.78 is 1.69. The van der Waals surface area contributed by atoms with Crippen LogP contribution in [0.2, 0.25) is 0 Å². The Bertz CT molecular complexity index is 812. The van der Waals surface area contributed by atoms with Crippen LogP contribution >= 0.6 is 0 Å². The van der Waals surface area contributed by atoms with Gasteiger partial charge >= 0.3 is 0 Å². The molecule has 5 nitrogen and oxygen atoms in total. The van der Waals surface area contributed by atoms with Crippen LogP contribution in [0.5, 0.6) is 0 Å². The minimum atomic E-state index is -0.285. The number of nitrogens with zero attached hydrogens (tertiary/aromatic N) is 3. The molecule has 0 radical (unpaired) electrons. The van der Waals surface area contributed by atoms with Gasteiger partial charge in [0.2, 0.25) is 11.3 Å². The monoisotopic (exact) mass is 281 g/mol. The molecule has 0 spiro atoms. The number of nitriles is 1. The molecule has 3 rings (SSSR count). The van der Waals surface area contributed by atoms with Crippen molar-refractivity contribution in [2.75, 3.05) is 7.05 Å². The van der Waals surface area contributed by atoms with Crippen LogP contribution in [0.3, 0.4) is 0 Å². The summed E-state index contributed by atoms with van der Waals surface area (Å²) in [5.74, 6) is -0.00445. The van der Waals surface area contributed by atoms with Crippen LogP contribution in [0.4, 0.5) is 0 Å². The molecule has 1 saturated carbocycles. The molecule has 1 aromatic carbocycles. The Balaban J connectivity index is 2.05. The molecule has 0 unspecified atom stereocenters. The van der Waals surface area contributed by atoms with E-state index in [0.29, 0.717) is 16.9 Å². The van der Waals surface area contributed by atoms with Crippen LogP contribution in [-0.4, -0.2) is 28.5 Å². The van der Waals surface area contributed by atoms with Crippen LogP contribution < -0.4 is 5.43 Å². The van der Waals surface area contributed by atoms with E-state index in [2.05, 4.69) is 0 Å². The van der Waals surface area contributed by atoms with E-state index in [-0.39, 0.29) is 23.4 Å². The number of benzene rings is 1. The summed E-state index contributed by atoms with van der Waals surface area (Å²) >= 11 is 0. The number of hydrogen-bond donors (Lipinski definition) is 0. The van der Waals surface area contributed by atoms with E-state index in [9.17, 15) is 9.59 Å². The highest BCUT2D eigenvalue weighted by atomic mass is 16.2. The lowest BCUT2D eigenvalue weighted by atomic mass is 10.1. The highest BCUT2D eigenvalue weighted by molar-refractivity contribution is 5.83. The van der Waals surface area contributed by atoms with Gasteiger partial charge in [-0.05, 0) is 25.0 Å². The predicted octanol–water partition coefficient (Wildman–Crippen LogP) is 1.49. The quantitative estimate of drug-likeness (QED) is 0.856. The van der Waals surface area contributed by atoms with Crippen LogP contribution in [0, 0.1) is 11.3 Å². The highest BCUT2D eigenvalue weighted by Crippen LogP contribution is 2.25. The van der Waals surface area contributed by atoms with E-state index >= 15 is 0 Å². The molecule has 1 amide bonds. The Morgan fingerprint density at radius 1 is 1.43 bits per heavy atom. The molecular weight excluding hydrogens is 266 g/mol. The number of carbonyl (C=O) groups excluding carboxylic acids is 1. The summed E-state index contributed by atoms with van der Waals surface area (Å²) in [4.78, 5) is 26.1. The number of amides is 1. The first-order valence-electron chi connectivity index (χ1n) is 6.89. The van der Waals surface area contributed by atoms with Gasteiger partial charge in [0.25, 0.3) is 0 Å². The van der Waals surface area contributed by atoms with Crippen molar-refractivity contribution in [2.24, 2.45) is 0 Å². The average molecular weight is 281 g/mol. The number of fused-ring (bicyclic) bond motifs is 1. The van der Waals surface area contributed by atoms with Gasteiger partial charge in [-0.3, -0.25) is 9.59 Å². The van der Waals surface area contributed by atoms with Crippen LogP contribution in [0.15, 0.2) is 35.3 Å². The Labute approximate surface area is 122 Å². The van der Waals surface area contributed by atoms with E-state index < -0.39 is 0 Å². The van der Waals surface area contributed by atoms with Gasteiger partial charge in [0.1, 0.15) is 18.2 Å². The number of para-hydroxylation sites is 1. The van der Waals surface area contributed by atoms with Crippen LogP contribution in [0.25, 0.3) is 10.9 Å². The molecule has 0 N–H and O–H groups in total. The van der Waals surface area contributed by atoms with Crippen molar-refractivity contribution in [3.05, 3.63) is 46.2 Å². The molecule has 1 aliphatic rings. The van der Waals surface area contributed by atoms with Gasteiger partial charge in [0.05, 0.1) is 5.52 Å². The second-order valence-corrected chi connectivity index (χ2v) is 5.36. The molecule has 1 fully saturated rings. The third kappa shape index (κ3) is 2.40. The lowest BCUT2D eigenvalue weighted by Gasteiger charge is -2.18. The van der Waals surface area contributed by atoms with Crippen molar-refractivity contribution < 1.29 is 4.79 Å². The van der Waals surface area contributed by atoms with E-state index in [1.54, 1.807) is 34.7 Å². The van der Waals surface area contributed by atoms with Gasteiger partial charge in [0, 0.05) is 24.7 Å². The smallest absolute Gasteiger partial charge is 0.242 e. The van der Waals surface area contributed by atoms with Gasteiger partial charge in [-0.2, -0.15) is 5.26 Å². The standard InChI is InChI=1S/C16H15N3O2/c1-18(12-6-7-12)15(20)10-19-9-11(8-17)16(21)13-4-2-3-5-14(13)19/h2-5,9,12H,6-7,10H2,1H3. The minimum absolute atomic E-state index is 0.00445. The number of pyridine rings is 1. The van der Waals surface area contributed by atoms with Crippen molar-refractivity contribution >= 4 is 16.8 Å². The molecular formula is C16H15N3O2. The number of likely N-dealkylation sites (N-methyl/N-ethyl adjacent to an activating group) is 1. The predicted molar refractivity (Wildman–Crippen MR) is 78.7 cm³/mol. The fraction of sp³-hybridized carbons (Fsp3) is 0.312. The Morgan fingerprint density at radius 3 is 2.81 bits per heavy atom. The number of rotatable bonds is 3. The Morgan fingerprint density at radius 2 is 2.14 bits per heavy atom. The van der Waals surface area contributed by atoms with E-state index in [4.69, 9.17) is 5.26 Å². The number of hydrogen-bond acceptors (Lipinski definition) is 3. The Hall–Kier alpha value is -2.61. The molecule has 0 atom stereocenters. The zero-order chi connectivity index (χ0) is 15.0. The van der Waals surface area contributed by atoms with Crippen molar-refractivity contribution in [3.63, 3.8) is 0 Å². The summed E-state index contributed by atoms with van der Waals surface area (Å²) in [6.07, 6.45) is 3.58. The zero-order valence-electron chi connectivity index (χ0n) is 11.7. The lowest BCUT2D eigenvalue weighted by Crippen LogP contribution is -2.32. The number of carbonyl (C=O) groups is 1. The molecule has 5 heteroatoms. The molecule has 0 bridgehead atoms. The second-order valence-electron chi connectivity index (χ2n) is 5.36. The summed E-state index contributed by atoms with van der Waals surface area (Å²) in [5.41, 5.74) is 0.460. The van der Waals surface area contributed by atoms with Crippen molar-refractivity contribution in [2.45, 2.75) is 25.4 Å². The third-order valence-corrected chi connectivity index (χ3v) is 3.90. The first-order valence-corrected chi connectivity index (χ1v) is 6.89. The molecule has 106 valence electrons. The SMILES string of the molecule is CN(C(=O)Cn1cc(C#N)c(=O)c2ccccc21)C1CC1. The molecule has 1 aromatic heterocycles. The van der Waals surface area contributed by atoms with Gasteiger partial charge in [-0.1, -0.05) is 12.1 Å². The van der Waals surface area contributed by atoms with Gasteiger partial charge in [0.15, 0.2) is 0 Å². The fourth-order valence-corrected chi connectivity index (χ4v) is 2.48. The van der Waals surface area contributed by atoms with Crippen molar-refractivity contribution in [3.8, 4) is 6.07 Å². The minimum Gasteiger partial charge on any atom is -0.341 e. The molecule has 1 heterocycles. The van der Waals surface area contributed by atoms with E-state index in [0.717, 1.165) is 12.8 Å². The van der Waals surface area contributed by atoms with E-state index in [1.165, 1.54) is 6.20 Å². The normalized spacial score (nSPS) is 13.9. The summed E-state index contributed by atoms with van der Waals surface area (Å²) in [6, 6.07) is 9.31.